The fourth-order valence-electron chi connectivity index (χ4n) is 4.58. The number of imidazole rings is 1. The van der Waals surface area contributed by atoms with Gasteiger partial charge in [0.15, 0.2) is 0 Å². The molecule has 0 unspecified atom stereocenters. The summed E-state index contributed by atoms with van der Waals surface area (Å²) in [5.41, 5.74) is 2.89. The Morgan fingerprint density at radius 2 is 1.88 bits per heavy atom. The van der Waals surface area contributed by atoms with Crippen LogP contribution in [0.3, 0.4) is 0 Å². The van der Waals surface area contributed by atoms with E-state index in [1.54, 1.807) is 44.6 Å². The van der Waals surface area contributed by atoms with Crippen LogP contribution in [0.4, 0.5) is 8.78 Å². The summed E-state index contributed by atoms with van der Waals surface area (Å²) in [6.45, 7) is 0.112. The van der Waals surface area contributed by atoms with Gasteiger partial charge in [-0.1, -0.05) is 6.07 Å². The summed E-state index contributed by atoms with van der Waals surface area (Å²) in [6, 6.07) is 8.05. The zero-order valence-electron chi connectivity index (χ0n) is 18.0. The molecule has 0 N–H and O–H groups in total. The van der Waals surface area contributed by atoms with E-state index in [-0.39, 0.29) is 13.0 Å². The van der Waals surface area contributed by atoms with Crippen LogP contribution in [-0.2, 0) is 7.05 Å². The second-order valence-corrected chi connectivity index (χ2v) is 8.33. The maximum absolute atomic E-state index is 15.1. The number of likely N-dealkylation sites (tertiary alicyclic amines) is 1. The predicted molar refractivity (Wildman–Crippen MR) is 118 cm³/mol. The smallest absolute Gasteiger partial charge is 0.329 e. The number of nitrogens with zero attached hydrogens (tertiary/aromatic N) is 5. The summed E-state index contributed by atoms with van der Waals surface area (Å²) < 4.78 is 38.0. The zero-order valence-corrected chi connectivity index (χ0v) is 18.0. The predicted octanol–water partition coefficient (Wildman–Crippen LogP) is 3.47. The topological polar surface area (TPSA) is 65.2 Å². The second-order valence-electron chi connectivity index (χ2n) is 8.33. The Kier molecular flexibility index (Phi) is 4.74. The molecule has 1 fully saturated rings. The summed E-state index contributed by atoms with van der Waals surface area (Å²) in [5, 5.41) is 0.656. The van der Waals surface area contributed by atoms with Gasteiger partial charge in [0.2, 0.25) is 5.88 Å². The van der Waals surface area contributed by atoms with Gasteiger partial charge in [0.25, 0.3) is 5.92 Å². The molecule has 4 heterocycles. The van der Waals surface area contributed by atoms with E-state index in [4.69, 9.17) is 4.74 Å². The number of rotatable bonds is 3. The van der Waals surface area contributed by atoms with Crippen LogP contribution in [0, 0.1) is 0 Å². The molecule has 0 spiro atoms. The fraction of sp³-hybridized carbons (Fsp3) is 0.348. The summed E-state index contributed by atoms with van der Waals surface area (Å²) in [4.78, 5) is 23.5. The molecule has 0 bridgehead atoms. The number of hydrogen-bond donors (Lipinski definition) is 0. The molecule has 1 aliphatic heterocycles. The minimum Gasteiger partial charge on any atom is -0.481 e. The van der Waals surface area contributed by atoms with Gasteiger partial charge in [0, 0.05) is 36.8 Å². The van der Waals surface area contributed by atoms with Crippen LogP contribution in [0.25, 0.3) is 33.1 Å². The van der Waals surface area contributed by atoms with Crippen molar-refractivity contribution in [3.05, 3.63) is 53.2 Å². The molecule has 32 heavy (non-hydrogen) atoms. The number of aromatic nitrogens is 4. The van der Waals surface area contributed by atoms with E-state index in [9.17, 15) is 4.79 Å². The van der Waals surface area contributed by atoms with Crippen molar-refractivity contribution in [1.82, 2.24) is 24.0 Å². The van der Waals surface area contributed by atoms with Crippen LogP contribution in [0.2, 0.25) is 0 Å². The number of methoxy groups -OCH3 is 1. The molecular weight excluding hydrogens is 416 g/mol. The minimum atomic E-state index is -3.03. The van der Waals surface area contributed by atoms with Crippen molar-refractivity contribution in [3.8, 4) is 17.0 Å². The largest absolute Gasteiger partial charge is 0.481 e. The molecule has 0 aliphatic carbocycles. The molecule has 0 saturated carbocycles. The normalized spacial score (nSPS) is 19.0. The van der Waals surface area contributed by atoms with E-state index < -0.39 is 17.7 Å². The highest BCUT2D eigenvalue weighted by Crippen LogP contribution is 2.39. The Morgan fingerprint density at radius 3 is 2.56 bits per heavy atom. The minimum absolute atomic E-state index is 0.189. The van der Waals surface area contributed by atoms with Crippen LogP contribution in [0.5, 0.6) is 5.88 Å². The van der Waals surface area contributed by atoms with Gasteiger partial charge in [-0.2, -0.15) is 0 Å². The highest BCUT2D eigenvalue weighted by molar-refractivity contribution is 6.04. The third-order valence-electron chi connectivity index (χ3n) is 6.26. The Bertz CT molecular complexity index is 1380. The highest BCUT2D eigenvalue weighted by atomic mass is 19.3. The van der Waals surface area contributed by atoms with Crippen molar-refractivity contribution in [1.29, 1.82) is 0 Å². The van der Waals surface area contributed by atoms with Crippen molar-refractivity contribution in [2.75, 3.05) is 27.2 Å². The molecule has 1 saturated heterocycles. The van der Waals surface area contributed by atoms with E-state index in [1.807, 2.05) is 24.3 Å². The number of benzene rings is 1. The first-order valence-corrected chi connectivity index (χ1v) is 10.4. The summed E-state index contributed by atoms with van der Waals surface area (Å²) in [6.07, 6.45) is 3.46. The maximum atomic E-state index is 15.1. The SMILES string of the molecule is COc1ccc(-c2ccc3ncc4c(c3c2)n([C@H]2CCN(C)CC2(F)F)c(=O)n4C)cn1. The first-order chi connectivity index (χ1) is 15.3. The van der Waals surface area contributed by atoms with Crippen molar-refractivity contribution in [3.63, 3.8) is 0 Å². The number of piperidine rings is 1. The molecule has 5 rings (SSSR count). The van der Waals surface area contributed by atoms with Gasteiger partial charge >= 0.3 is 5.69 Å². The fourth-order valence-corrected chi connectivity index (χ4v) is 4.58. The van der Waals surface area contributed by atoms with Gasteiger partial charge in [0.05, 0.1) is 36.4 Å². The van der Waals surface area contributed by atoms with Gasteiger partial charge in [-0.3, -0.25) is 14.1 Å². The lowest BCUT2D eigenvalue weighted by Crippen LogP contribution is -2.49. The number of alkyl halides is 2. The first-order valence-electron chi connectivity index (χ1n) is 10.4. The quantitative estimate of drug-likeness (QED) is 0.489. The van der Waals surface area contributed by atoms with E-state index >= 15 is 8.78 Å². The van der Waals surface area contributed by atoms with E-state index in [2.05, 4.69) is 9.97 Å². The van der Waals surface area contributed by atoms with Gasteiger partial charge in [-0.25, -0.2) is 18.6 Å². The van der Waals surface area contributed by atoms with Crippen molar-refractivity contribution in [2.45, 2.75) is 18.4 Å². The zero-order chi connectivity index (χ0) is 22.6. The van der Waals surface area contributed by atoms with Crippen LogP contribution < -0.4 is 10.4 Å². The standard InChI is InChI=1S/C23H23F2N5O2/c1-28-9-8-19(23(24,25)13-28)30-21-16-10-14(15-5-7-20(32-3)27-11-15)4-6-17(16)26-12-18(21)29(2)22(30)31/h4-7,10-12,19H,8-9,13H2,1-3H3/t19-/m0/s1. The Hall–Kier alpha value is -3.33. The number of hydrogen-bond acceptors (Lipinski definition) is 5. The molecule has 3 aromatic heterocycles. The third kappa shape index (κ3) is 3.15. The number of pyridine rings is 2. The van der Waals surface area contributed by atoms with Gasteiger partial charge in [-0.05, 0) is 37.2 Å². The average molecular weight is 439 g/mol. The molecule has 9 heteroatoms. The lowest BCUT2D eigenvalue weighted by atomic mass is 10.00. The molecule has 1 aromatic carbocycles. The molecule has 1 aliphatic rings. The van der Waals surface area contributed by atoms with Gasteiger partial charge in [0.1, 0.15) is 6.04 Å². The Labute approximate surface area is 182 Å². The summed E-state index contributed by atoms with van der Waals surface area (Å²) >= 11 is 0. The molecule has 4 aromatic rings. The summed E-state index contributed by atoms with van der Waals surface area (Å²) in [7, 11) is 4.82. The van der Waals surface area contributed by atoms with Crippen LogP contribution in [-0.4, -0.2) is 57.2 Å². The molecule has 0 radical (unpaired) electrons. The van der Waals surface area contributed by atoms with Crippen molar-refractivity contribution in [2.24, 2.45) is 7.05 Å². The molecule has 1 atom stereocenters. The molecular formula is C23H23F2N5O2. The molecule has 7 nitrogen and oxygen atoms in total. The van der Waals surface area contributed by atoms with E-state index in [0.717, 1.165) is 11.1 Å². The van der Waals surface area contributed by atoms with Crippen LogP contribution >= 0.6 is 0 Å². The lowest BCUT2D eigenvalue weighted by molar-refractivity contribution is -0.0977. The third-order valence-corrected chi connectivity index (χ3v) is 6.26. The van der Waals surface area contributed by atoms with Crippen molar-refractivity contribution < 1.29 is 13.5 Å². The number of ether oxygens (including phenoxy) is 1. The van der Waals surface area contributed by atoms with E-state index in [1.165, 1.54) is 9.13 Å². The number of fused-ring (bicyclic) bond motifs is 3. The monoisotopic (exact) mass is 439 g/mol. The number of aryl methyl sites for hydroxylation is 1. The second kappa shape index (κ2) is 7.37. The Balaban J connectivity index is 1.76. The van der Waals surface area contributed by atoms with Crippen LogP contribution in [0.1, 0.15) is 12.5 Å². The Morgan fingerprint density at radius 1 is 1.09 bits per heavy atom. The molecule has 0 amide bonds. The van der Waals surface area contributed by atoms with Crippen molar-refractivity contribution >= 4 is 21.9 Å². The van der Waals surface area contributed by atoms with Gasteiger partial charge in [-0.15, -0.1) is 0 Å². The first kappa shape index (κ1) is 20.6. The van der Waals surface area contributed by atoms with Crippen LogP contribution in [0.15, 0.2) is 47.5 Å². The average Bonchev–Trinajstić information content (AvgIpc) is 3.03. The lowest BCUT2D eigenvalue weighted by Gasteiger charge is -2.37. The van der Waals surface area contributed by atoms with Gasteiger partial charge < -0.3 is 9.64 Å². The number of halogens is 2. The van der Waals surface area contributed by atoms with E-state index in [0.29, 0.717) is 34.4 Å². The summed E-state index contributed by atoms with van der Waals surface area (Å²) in [5.74, 6) is -2.53. The molecule has 166 valence electrons. The maximum Gasteiger partial charge on any atom is 0.329 e. The highest BCUT2D eigenvalue weighted by Gasteiger charge is 2.46.